The molecule has 5 N–H and O–H groups in total. The summed E-state index contributed by atoms with van der Waals surface area (Å²) in [5.41, 5.74) is 6.77. The second-order valence-corrected chi connectivity index (χ2v) is 7.33. The van der Waals surface area contributed by atoms with E-state index in [9.17, 15) is 8.42 Å². The average Bonchev–Trinajstić information content (AvgIpc) is 2.36. The van der Waals surface area contributed by atoms with Crippen molar-refractivity contribution in [1.29, 1.82) is 0 Å². The normalized spacial score (nSPS) is 23.5. The lowest BCUT2D eigenvalue weighted by atomic mass is 9.83. The van der Waals surface area contributed by atoms with E-state index in [1.165, 1.54) is 31.7 Å². The molecule has 1 fully saturated rings. The molecule has 0 radical (unpaired) electrons. The van der Waals surface area contributed by atoms with Crippen molar-refractivity contribution in [2.45, 2.75) is 37.5 Å². The van der Waals surface area contributed by atoms with Gasteiger partial charge in [0, 0.05) is 12.2 Å². The summed E-state index contributed by atoms with van der Waals surface area (Å²) in [7, 11) is -3.74. The molecule has 0 unspecified atom stereocenters. The van der Waals surface area contributed by atoms with Crippen LogP contribution in [-0.2, 0) is 10.0 Å². The van der Waals surface area contributed by atoms with Gasteiger partial charge in [0.1, 0.15) is 4.90 Å². The zero-order chi connectivity index (χ0) is 14.8. The first-order valence-corrected chi connectivity index (χ1v) is 8.57. The van der Waals surface area contributed by atoms with E-state index in [2.05, 4.69) is 12.2 Å². The molecule has 0 aliphatic heterocycles. The van der Waals surface area contributed by atoms with E-state index in [0.717, 1.165) is 18.2 Å². The Bertz CT molecular complexity index is 564. The Morgan fingerprint density at radius 3 is 2.45 bits per heavy atom. The number of anilines is 2. The second-order valence-electron chi connectivity index (χ2n) is 5.80. The Morgan fingerprint density at radius 2 is 1.90 bits per heavy atom. The molecule has 0 atom stereocenters. The van der Waals surface area contributed by atoms with Crippen molar-refractivity contribution < 1.29 is 8.42 Å². The van der Waals surface area contributed by atoms with E-state index in [0.29, 0.717) is 5.92 Å². The number of nitrogen functional groups attached to an aromatic ring is 1. The molecule has 5 nitrogen and oxygen atoms in total. The van der Waals surface area contributed by atoms with Crippen LogP contribution in [0.5, 0.6) is 0 Å². The average molecular weight is 297 g/mol. The summed E-state index contributed by atoms with van der Waals surface area (Å²) < 4.78 is 22.6. The third-order valence-electron chi connectivity index (χ3n) is 4.05. The molecule has 1 aromatic rings. The van der Waals surface area contributed by atoms with Gasteiger partial charge in [-0.1, -0.05) is 19.8 Å². The van der Waals surface area contributed by atoms with Gasteiger partial charge in [-0.05, 0) is 42.9 Å². The lowest BCUT2D eigenvalue weighted by molar-refractivity contribution is 0.300. The van der Waals surface area contributed by atoms with E-state index in [-0.39, 0.29) is 10.6 Å². The molecule has 1 saturated carbocycles. The van der Waals surface area contributed by atoms with Crippen molar-refractivity contribution >= 4 is 21.4 Å². The van der Waals surface area contributed by atoms with Gasteiger partial charge >= 0.3 is 0 Å². The second kappa shape index (κ2) is 6.01. The van der Waals surface area contributed by atoms with Crippen molar-refractivity contribution in [1.82, 2.24) is 0 Å². The van der Waals surface area contributed by atoms with Crippen molar-refractivity contribution in [3.05, 3.63) is 18.2 Å². The Kier molecular flexibility index (Phi) is 4.55. The van der Waals surface area contributed by atoms with Crippen molar-refractivity contribution in [2.24, 2.45) is 17.0 Å². The maximum atomic E-state index is 11.3. The van der Waals surface area contributed by atoms with Crippen molar-refractivity contribution in [3.8, 4) is 0 Å². The highest BCUT2D eigenvalue weighted by molar-refractivity contribution is 7.89. The Morgan fingerprint density at radius 1 is 1.25 bits per heavy atom. The number of nitrogens with two attached hydrogens (primary N) is 2. The minimum absolute atomic E-state index is 0.0189. The number of rotatable bonds is 4. The highest BCUT2D eigenvalue weighted by atomic mass is 32.2. The van der Waals surface area contributed by atoms with Gasteiger partial charge in [-0.15, -0.1) is 0 Å². The fourth-order valence-corrected chi connectivity index (χ4v) is 3.36. The number of hydrogen-bond donors (Lipinski definition) is 3. The van der Waals surface area contributed by atoms with E-state index in [4.69, 9.17) is 10.9 Å². The van der Waals surface area contributed by atoms with Crippen LogP contribution in [0.1, 0.15) is 32.6 Å². The summed E-state index contributed by atoms with van der Waals surface area (Å²) in [6, 6.07) is 4.79. The topological polar surface area (TPSA) is 98.2 Å². The first-order valence-electron chi connectivity index (χ1n) is 7.02. The van der Waals surface area contributed by atoms with Crippen LogP contribution < -0.4 is 16.2 Å². The van der Waals surface area contributed by atoms with Crippen LogP contribution >= 0.6 is 0 Å². The Labute approximate surface area is 120 Å². The first kappa shape index (κ1) is 15.1. The van der Waals surface area contributed by atoms with Crippen LogP contribution in [0.15, 0.2) is 23.1 Å². The molecule has 0 saturated heterocycles. The summed E-state index contributed by atoms with van der Waals surface area (Å²) in [4.78, 5) is -0.0189. The summed E-state index contributed by atoms with van der Waals surface area (Å²) in [5.74, 6) is 1.53. The van der Waals surface area contributed by atoms with Crippen LogP contribution in [0.2, 0.25) is 0 Å². The summed E-state index contributed by atoms with van der Waals surface area (Å²) in [6.45, 7) is 3.21. The first-order chi connectivity index (χ1) is 9.36. The predicted octanol–water partition coefficient (Wildman–Crippen LogP) is 2.15. The maximum absolute atomic E-state index is 11.3. The monoisotopic (exact) mass is 297 g/mol. The van der Waals surface area contributed by atoms with Crippen LogP contribution in [0.3, 0.4) is 0 Å². The van der Waals surface area contributed by atoms with Gasteiger partial charge < -0.3 is 11.1 Å². The van der Waals surface area contributed by atoms with Crippen LogP contribution in [0.4, 0.5) is 11.4 Å². The molecule has 2 rings (SSSR count). The van der Waals surface area contributed by atoms with Crippen LogP contribution in [0.25, 0.3) is 0 Å². The minimum atomic E-state index is -3.74. The highest BCUT2D eigenvalue weighted by Gasteiger charge is 2.18. The summed E-state index contributed by atoms with van der Waals surface area (Å²) >= 11 is 0. The molecule has 1 aliphatic rings. The van der Waals surface area contributed by atoms with Gasteiger partial charge in [0.2, 0.25) is 10.0 Å². The highest BCUT2D eigenvalue weighted by Crippen LogP contribution is 2.29. The van der Waals surface area contributed by atoms with Crippen molar-refractivity contribution in [2.75, 3.05) is 17.6 Å². The van der Waals surface area contributed by atoms with Gasteiger partial charge in [0.25, 0.3) is 0 Å². The van der Waals surface area contributed by atoms with Crippen molar-refractivity contribution in [3.63, 3.8) is 0 Å². The van der Waals surface area contributed by atoms with E-state index in [1.54, 1.807) is 12.1 Å². The number of benzene rings is 1. The Balaban J connectivity index is 1.96. The fraction of sp³-hybridized carbons (Fsp3) is 0.571. The molecule has 1 aromatic carbocycles. The van der Waals surface area contributed by atoms with Gasteiger partial charge in [-0.3, -0.25) is 0 Å². The maximum Gasteiger partial charge on any atom is 0.240 e. The number of hydrogen-bond acceptors (Lipinski definition) is 4. The van der Waals surface area contributed by atoms with E-state index in [1.807, 2.05) is 0 Å². The molecular weight excluding hydrogens is 274 g/mol. The fourth-order valence-electron chi connectivity index (χ4n) is 2.71. The van der Waals surface area contributed by atoms with Crippen LogP contribution in [-0.4, -0.2) is 15.0 Å². The molecule has 0 bridgehead atoms. The Hall–Kier alpha value is -1.27. The molecule has 0 aromatic heterocycles. The molecule has 6 heteroatoms. The van der Waals surface area contributed by atoms with Crippen LogP contribution in [0, 0.1) is 11.8 Å². The molecule has 0 amide bonds. The SMILES string of the molecule is CC1CCC(CNc2ccc(S(N)(=O)=O)c(N)c2)CC1. The quantitative estimate of drug-likeness (QED) is 0.742. The standard InChI is InChI=1S/C14H23N3O2S/c1-10-2-4-11(5-3-10)9-17-12-6-7-14(13(15)8-12)20(16,18)19/h6-8,10-11,17H,2-5,9,15H2,1H3,(H2,16,18,19). The van der Waals surface area contributed by atoms with Gasteiger partial charge in [0.15, 0.2) is 0 Å². The summed E-state index contributed by atoms with van der Waals surface area (Å²) in [5, 5.41) is 8.42. The molecule has 1 aliphatic carbocycles. The number of sulfonamides is 1. The third-order valence-corrected chi connectivity index (χ3v) is 5.03. The molecule has 112 valence electrons. The molecular formula is C14H23N3O2S. The van der Waals surface area contributed by atoms with E-state index >= 15 is 0 Å². The molecule has 0 spiro atoms. The zero-order valence-corrected chi connectivity index (χ0v) is 12.6. The lowest BCUT2D eigenvalue weighted by Gasteiger charge is -2.26. The predicted molar refractivity (Wildman–Crippen MR) is 81.8 cm³/mol. The largest absolute Gasteiger partial charge is 0.398 e. The number of nitrogens with one attached hydrogen (secondary N) is 1. The third kappa shape index (κ3) is 3.86. The van der Waals surface area contributed by atoms with Gasteiger partial charge in [-0.25, -0.2) is 13.6 Å². The number of primary sulfonamides is 1. The molecule has 0 heterocycles. The van der Waals surface area contributed by atoms with E-state index < -0.39 is 10.0 Å². The van der Waals surface area contributed by atoms with Gasteiger partial charge in [-0.2, -0.15) is 0 Å². The summed E-state index contributed by atoms with van der Waals surface area (Å²) in [6.07, 6.45) is 5.08. The van der Waals surface area contributed by atoms with Gasteiger partial charge in [0.05, 0.1) is 5.69 Å². The smallest absolute Gasteiger partial charge is 0.240 e. The minimum Gasteiger partial charge on any atom is -0.398 e. The molecule has 20 heavy (non-hydrogen) atoms. The zero-order valence-electron chi connectivity index (χ0n) is 11.8. The lowest BCUT2D eigenvalue weighted by Crippen LogP contribution is -2.20.